The maximum Gasteiger partial charge on any atom is 0.416 e. The molecule has 48 heavy (non-hydrogen) atoms. The van der Waals surface area contributed by atoms with Gasteiger partial charge in [-0.05, 0) is 30.3 Å². The third-order valence-corrected chi connectivity index (χ3v) is 7.14. The number of aromatic nitrogens is 4. The number of carbonyl (C=O) groups is 8. The van der Waals surface area contributed by atoms with Gasteiger partial charge < -0.3 is 55.8 Å². The van der Waals surface area contributed by atoms with Crippen LogP contribution in [0.5, 0.6) is 0 Å². The van der Waals surface area contributed by atoms with Gasteiger partial charge in [-0.25, -0.2) is 42.9 Å². The largest absolute Gasteiger partial charge is 0.478 e. The van der Waals surface area contributed by atoms with Gasteiger partial charge >= 0.3 is 47.9 Å². The molecule has 244 valence electrons. The first-order chi connectivity index (χ1) is 22.5. The molecule has 0 atom stereocenters. The number of fused-ring (bicyclic) bond motifs is 8. The Hall–Kier alpha value is -7.64. The van der Waals surface area contributed by atoms with Gasteiger partial charge in [-0.1, -0.05) is 0 Å². The van der Waals surface area contributed by atoms with Gasteiger partial charge in [-0.3, -0.25) is 0 Å². The molecule has 0 aliphatic carbocycles. The van der Waals surface area contributed by atoms with E-state index in [1.54, 1.807) is 0 Å². The quantitative estimate of drug-likeness (QED) is 0.0975. The second kappa shape index (κ2) is 11.1. The van der Waals surface area contributed by atoms with Crippen molar-refractivity contribution < 1.29 is 79.2 Å². The minimum atomic E-state index is -2.34. The predicted molar refractivity (Wildman–Crippen MR) is 150 cm³/mol. The van der Waals surface area contributed by atoms with E-state index in [1.165, 1.54) is 0 Å². The number of hydrogen-bond acceptors (Lipinski definition) is 8. The molecule has 0 radical (unpaired) electrons. The standard InChI is InChI=1S/C28H16N4O16/c33-21(34)6-5-11-13(23(37)38)9-2-1-7(29-9)12(22(35)36)8-3-4-10(30-8)14(24(39)40)19-15(25(41)42)16(26(43)44)20(32(19)28(47)48)17(27(45)46)18(6)31-11/h1-5,29-31H,(H,33,34)(H,35,36)(H,37,38)(H,39,40)(H,41,42)(H,43,44)(H,45,46)(H,47,48). The van der Waals surface area contributed by atoms with Gasteiger partial charge in [0.05, 0.1) is 49.7 Å². The molecule has 0 saturated heterocycles. The fourth-order valence-corrected chi connectivity index (χ4v) is 5.40. The molecular formula is C28H16N4O16. The van der Waals surface area contributed by atoms with E-state index in [0.717, 1.165) is 24.3 Å². The Labute approximate surface area is 260 Å². The lowest BCUT2D eigenvalue weighted by atomic mass is 10.0. The average Bonchev–Trinajstić information content (AvgIpc) is 3.75. The van der Waals surface area contributed by atoms with Crippen molar-refractivity contribution in [3.8, 4) is 0 Å². The summed E-state index contributed by atoms with van der Waals surface area (Å²) in [6.07, 6.45) is -2.34. The van der Waals surface area contributed by atoms with E-state index in [9.17, 15) is 79.2 Å². The Bertz CT molecular complexity index is 2480. The van der Waals surface area contributed by atoms with E-state index in [1.807, 2.05) is 0 Å². The Morgan fingerprint density at radius 3 is 1.31 bits per heavy atom. The molecule has 4 aromatic rings. The van der Waals surface area contributed by atoms with Gasteiger partial charge in [0, 0.05) is 0 Å². The monoisotopic (exact) mass is 664 g/mol. The second-order valence-corrected chi connectivity index (χ2v) is 9.74. The molecule has 20 heteroatoms. The maximum absolute atomic E-state index is 12.8. The average molecular weight is 664 g/mol. The zero-order valence-corrected chi connectivity index (χ0v) is 23.2. The van der Waals surface area contributed by atoms with Crippen LogP contribution in [0.4, 0.5) is 4.79 Å². The van der Waals surface area contributed by atoms with E-state index < -0.39 is 120 Å². The molecule has 5 heterocycles. The number of H-pyrrole nitrogens is 3. The summed E-state index contributed by atoms with van der Waals surface area (Å²) in [5.74, 6) is -14.3. The third-order valence-electron chi connectivity index (χ3n) is 7.14. The normalized spacial score (nSPS) is 12.5. The molecular weight excluding hydrogens is 648 g/mol. The van der Waals surface area contributed by atoms with Crippen molar-refractivity contribution in [1.82, 2.24) is 19.5 Å². The van der Waals surface area contributed by atoms with Crippen molar-refractivity contribution in [2.75, 3.05) is 0 Å². The molecule has 0 saturated carbocycles. The van der Waals surface area contributed by atoms with Crippen LogP contribution in [0, 0.1) is 0 Å². The lowest BCUT2D eigenvalue weighted by molar-refractivity contribution is -0.131. The molecule has 1 aliphatic rings. The summed E-state index contributed by atoms with van der Waals surface area (Å²) in [7, 11) is 0. The van der Waals surface area contributed by atoms with Gasteiger partial charge in [0.25, 0.3) is 0 Å². The Balaban J connectivity index is 2.31. The fourth-order valence-electron chi connectivity index (χ4n) is 5.40. The number of rotatable bonds is 7. The number of aromatic carboxylic acids is 3. The maximum atomic E-state index is 12.8. The Kier molecular flexibility index (Phi) is 7.32. The minimum Gasteiger partial charge on any atom is -0.478 e. The molecule has 0 unspecified atom stereocenters. The van der Waals surface area contributed by atoms with E-state index >= 15 is 0 Å². The first kappa shape index (κ1) is 31.8. The molecule has 20 nitrogen and oxygen atoms in total. The van der Waals surface area contributed by atoms with Crippen LogP contribution in [-0.4, -0.2) is 108 Å². The van der Waals surface area contributed by atoms with E-state index in [-0.39, 0.29) is 15.3 Å². The summed E-state index contributed by atoms with van der Waals surface area (Å²) in [6, 6.07) is 4.64. The highest BCUT2D eigenvalue weighted by Crippen LogP contribution is 2.24. The van der Waals surface area contributed by atoms with Crippen LogP contribution >= 0.6 is 0 Å². The van der Waals surface area contributed by atoms with Gasteiger partial charge in [-0.15, -0.1) is 0 Å². The van der Waals surface area contributed by atoms with Crippen molar-refractivity contribution >= 4 is 70.2 Å². The molecule has 0 fully saturated rings. The van der Waals surface area contributed by atoms with Crippen molar-refractivity contribution in [2.45, 2.75) is 0 Å². The molecule has 0 aromatic carbocycles. The van der Waals surface area contributed by atoms with Crippen molar-refractivity contribution in [1.29, 1.82) is 0 Å². The van der Waals surface area contributed by atoms with Crippen LogP contribution in [0.2, 0.25) is 0 Å². The lowest BCUT2D eigenvalue weighted by Crippen LogP contribution is -2.39. The molecule has 0 spiro atoms. The van der Waals surface area contributed by atoms with E-state index in [4.69, 9.17) is 0 Å². The summed E-state index contributed by atoms with van der Waals surface area (Å²) in [4.78, 5) is 108. The molecule has 0 amide bonds. The first-order valence-corrected chi connectivity index (χ1v) is 12.7. The van der Waals surface area contributed by atoms with Crippen LogP contribution in [0.15, 0.2) is 30.3 Å². The number of nitrogens with zero attached hydrogens (tertiary/aromatic N) is 1. The number of hydrogen-bond donors (Lipinski definition) is 11. The van der Waals surface area contributed by atoms with Crippen molar-refractivity contribution in [3.63, 3.8) is 0 Å². The Morgan fingerprint density at radius 1 is 0.458 bits per heavy atom. The van der Waals surface area contributed by atoms with E-state index in [2.05, 4.69) is 15.0 Å². The summed E-state index contributed by atoms with van der Waals surface area (Å²) in [5.41, 5.74) is -11.4. The number of aliphatic carboxylic acids is 4. The van der Waals surface area contributed by atoms with Crippen LogP contribution < -0.4 is 21.4 Å². The highest BCUT2D eigenvalue weighted by Gasteiger charge is 2.36. The molecule has 5 rings (SSSR count). The van der Waals surface area contributed by atoms with Crippen LogP contribution in [0.3, 0.4) is 0 Å². The van der Waals surface area contributed by atoms with Crippen LogP contribution in [-0.2, 0) is 19.2 Å². The Morgan fingerprint density at radius 2 is 0.896 bits per heavy atom. The second-order valence-electron chi connectivity index (χ2n) is 9.74. The van der Waals surface area contributed by atoms with Gasteiger partial charge in [0.1, 0.15) is 33.4 Å². The minimum absolute atomic E-state index is 0.293. The number of nitrogens with one attached hydrogen (secondary N) is 3. The summed E-state index contributed by atoms with van der Waals surface area (Å²) in [6.45, 7) is 0. The van der Waals surface area contributed by atoms with Crippen LogP contribution in [0.25, 0.3) is 22.3 Å². The number of carboxylic acids is 7. The van der Waals surface area contributed by atoms with Gasteiger partial charge in [0.2, 0.25) is 0 Å². The van der Waals surface area contributed by atoms with Gasteiger partial charge in [-0.2, -0.15) is 0 Å². The predicted octanol–water partition coefficient (Wildman–Crippen LogP) is -2.46. The zero-order valence-electron chi connectivity index (χ0n) is 23.2. The van der Waals surface area contributed by atoms with Crippen molar-refractivity contribution in [3.05, 3.63) is 91.2 Å². The highest BCUT2D eigenvalue weighted by molar-refractivity contribution is 6.22. The number of aromatic amines is 3. The van der Waals surface area contributed by atoms with Crippen molar-refractivity contribution in [2.24, 2.45) is 0 Å². The molecule has 1 aliphatic heterocycles. The molecule has 4 aromatic heterocycles. The van der Waals surface area contributed by atoms with E-state index in [0.29, 0.717) is 6.07 Å². The molecule has 8 bridgehead atoms. The zero-order chi connectivity index (χ0) is 35.5. The summed E-state index contributed by atoms with van der Waals surface area (Å²) < 4.78 is -0.293. The van der Waals surface area contributed by atoms with Gasteiger partial charge in [0.15, 0.2) is 0 Å². The molecule has 11 N–H and O–H groups in total. The number of carboxylic acid groups (broad SMARTS) is 8. The summed E-state index contributed by atoms with van der Waals surface area (Å²) >= 11 is 0. The smallest absolute Gasteiger partial charge is 0.416 e. The van der Waals surface area contributed by atoms with Crippen LogP contribution in [0.1, 0.15) is 53.8 Å². The topological polar surface area (TPSA) is 351 Å². The summed E-state index contributed by atoms with van der Waals surface area (Å²) in [5, 5.41) is 77.6. The first-order valence-electron chi connectivity index (χ1n) is 12.7. The lowest BCUT2D eigenvalue weighted by Gasteiger charge is -2.07. The highest BCUT2D eigenvalue weighted by atomic mass is 16.4. The SMILES string of the molecule is O=C(O)C1=c2ccc([nH]2)=C(C(=O)O)c2cc(C(=O)O)c([nH]2)C(C(=O)O)=c2c(C(=O)O)c(C(=O)O)c(n2C(=O)O)=C(C(=O)O)c2ccc1[nH]2. The fraction of sp³-hybridized carbons (Fsp3) is 0. The third kappa shape index (κ3) is 4.73.